The van der Waals surface area contributed by atoms with E-state index in [2.05, 4.69) is 146 Å². The van der Waals surface area contributed by atoms with Crippen molar-refractivity contribution in [1.29, 1.82) is 5.26 Å². The number of fused-ring (bicyclic) bond motifs is 6. The molecule has 2 aliphatic rings. The Bertz CT molecular complexity index is 2350. The van der Waals surface area contributed by atoms with Gasteiger partial charge in [0.25, 0.3) is 0 Å². The predicted molar refractivity (Wildman–Crippen MR) is 197 cm³/mol. The van der Waals surface area contributed by atoms with Crippen molar-refractivity contribution in [3.8, 4) is 28.3 Å². The van der Waals surface area contributed by atoms with E-state index in [-0.39, 0.29) is 11.0 Å². The first-order valence-electron chi connectivity index (χ1n) is 16.9. The van der Waals surface area contributed by atoms with Gasteiger partial charge in [-0.15, -0.1) is 0 Å². The fourth-order valence-corrected chi connectivity index (χ4v) is 9.15. The van der Waals surface area contributed by atoms with Gasteiger partial charge in [0.05, 0.1) is 17.2 Å². The summed E-state index contributed by atoms with van der Waals surface area (Å²) in [7, 11) is 0. The molecule has 2 heteroatoms. The Morgan fingerprint density at radius 2 is 1.19 bits per heavy atom. The van der Waals surface area contributed by atoms with Crippen LogP contribution in [0.3, 0.4) is 0 Å². The van der Waals surface area contributed by atoms with E-state index in [1.807, 2.05) is 12.1 Å². The summed E-state index contributed by atoms with van der Waals surface area (Å²) in [6, 6.07) is 51.1. The summed E-state index contributed by atoms with van der Waals surface area (Å²) >= 11 is 0. The van der Waals surface area contributed by atoms with E-state index in [1.165, 1.54) is 84.4 Å². The third-order valence-corrected chi connectivity index (χ3v) is 11.6. The summed E-state index contributed by atoms with van der Waals surface area (Å²) in [5.74, 6) is 0. The highest BCUT2D eigenvalue weighted by Gasteiger charge is 2.57. The average molecular weight is 605 g/mol. The Labute approximate surface area is 276 Å². The topological polar surface area (TPSA) is 27.0 Å². The third kappa shape index (κ3) is 3.90. The van der Waals surface area contributed by atoms with E-state index < -0.39 is 0 Å². The Morgan fingerprint density at radius 1 is 0.596 bits per heavy atom. The van der Waals surface area contributed by atoms with Gasteiger partial charge in [0.2, 0.25) is 0 Å². The molecule has 0 amide bonds. The number of hydrogen-bond donors (Lipinski definition) is 0. The molecule has 0 N–H and O–H groups in total. The van der Waals surface area contributed by atoms with Gasteiger partial charge in [0.15, 0.2) is 0 Å². The van der Waals surface area contributed by atoms with Crippen LogP contribution < -0.4 is 4.90 Å². The monoisotopic (exact) mass is 604 g/mol. The predicted octanol–water partition coefficient (Wildman–Crippen LogP) is 12.1. The first kappa shape index (κ1) is 27.9. The zero-order valence-electron chi connectivity index (χ0n) is 26.9. The molecule has 1 heterocycles. The summed E-state index contributed by atoms with van der Waals surface area (Å²) < 4.78 is 0. The Balaban J connectivity index is 1.32. The molecule has 7 aromatic carbocycles. The molecule has 226 valence electrons. The smallest absolute Gasteiger partial charge is 0.0991 e. The van der Waals surface area contributed by atoms with Crippen LogP contribution in [0.25, 0.3) is 54.6 Å². The van der Waals surface area contributed by atoms with E-state index >= 15 is 0 Å². The molecule has 1 saturated carbocycles. The van der Waals surface area contributed by atoms with Gasteiger partial charge in [-0.3, -0.25) is 0 Å². The lowest BCUT2D eigenvalue weighted by atomic mass is 9.61. The molecule has 0 saturated heterocycles. The first-order valence-corrected chi connectivity index (χ1v) is 16.9. The van der Waals surface area contributed by atoms with E-state index in [4.69, 9.17) is 0 Å². The number of benzene rings is 7. The molecule has 2 atom stereocenters. The standard InChI is InChI=1S/C45H36N2/c1-44-26-9-10-27-45(44,2)47(33-23-20-30(29-46)21-24-33)41-25-22-32(28-40(41)44)42-36-15-5-7-17-38(36)43(39-18-8-6-16-37(39)42)35-19-11-13-31-12-3-4-14-34(31)35/h3-8,11-25,28H,9-10,26-27H2,1-2H3. The average Bonchev–Trinajstić information content (AvgIpc) is 3.33. The lowest BCUT2D eigenvalue weighted by Gasteiger charge is -2.50. The minimum absolute atomic E-state index is 0.000997. The van der Waals surface area contributed by atoms with Gasteiger partial charge in [-0.1, -0.05) is 117 Å². The number of rotatable bonds is 3. The highest BCUT2D eigenvalue weighted by atomic mass is 15.3. The van der Waals surface area contributed by atoms with Gasteiger partial charge in [-0.2, -0.15) is 5.26 Å². The number of nitrogens with zero attached hydrogens (tertiary/aromatic N) is 2. The largest absolute Gasteiger partial charge is 0.334 e. The van der Waals surface area contributed by atoms with Crippen molar-refractivity contribution in [2.45, 2.75) is 50.5 Å². The molecular formula is C45H36N2. The van der Waals surface area contributed by atoms with E-state index in [0.717, 1.165) is 12.8 Å². The van der Waals surface area contributed by atoms with Crippen LogP contribution >= 0.6 is 0 Å². The molecule has 0 radical (unpaired) electrons. The minimum Gasteiger partial charge on any atom is -0.334 e. The molecule has 1 aliphatic heterocycles. The van der Waals surface area contributed by atoms with Crippen molar-refractivity contribution in [1.82, 2.24) is 0 Å². The van der Waals surface area contributed by atoms with Crippen LogP contribution in [0.2, 0.25) is 0 Å². The highest BCUT2D eigenvalue weighted by Crippen LogP contribution is 2.61. The fourth-order valence-electron chi connectivity index (χ4n) is 9.15. The molecule has 47 heavy (non-hydrogen) atoms. The van der Waals surface area contributed by atoms with E-state index in [1.54, 1.807) is 0 Å². The number of anilines is 2. The maximum Gasteiger partial charge on any atom is 0.0991 e. The van der Waals surface area contributed by atoms with Gasteiger partial charge in [-0.25, -0.2) is 0 Å². The summed E-state index contributed by atoms with van der Waals surface area (Å²) in [5.41, 5.74) is 9.71. The maximum atomic E-state index is 9.48. The van der Waals surface area contributed by atoms with Crippen LogP contribution in [0.4, 0.5) is 11.4 Å². The van der Waals surface area contributed by atoms with Crippen molar-refractivity contribution in [3.63, 3.8) is 0 Å². The molecule has 2 unspecified atom stereocenters. The molecule has 0 bridgehead atoms. The second kappa shape index (κ2) is 10.3. The summed E-state index contributed by atoms with van der Waals surface area (Å²) in [5, 5.41) is 17.2. The van der Waals surface area contributed by atoms with Crippen LogP contribution in [-0.2, 0) is 5.41 Å². The van der Waals surface area contributed by atoms with Crippen LogP contribution in [0.15, 0.2) is 133 Å². The SMILES string of the molecule is CC12CCCCC1(C)N(c1ccc(C#N)cc1)c1ccc(-c3c4ccccc4c(-c4cccc5ccccc45)c4ccccc34)cc12. The lowest BCUT2D eigenvalue weighted by molar-refractivity contribution is 0.195. The fraction of sp³-hybridized carbons (Fsp3) is 0.178. The quantitative estimate of drug-likeness (QED) is 0.188. The van der Waals surface area contributed by atoms with Crippen molar-refractivity contribution in [2.75, 3.05) is 4.90 Å². The normalized spacial score (nSPS) is 20.3. The molecule has 0 spiro atoms. The van der Waals surface area contributed by atoms with Crippen molar-refractivity contribution >= 4 is 43.7 Å². The van der Waals surface area contributed by atoms with Crippen LogP contribution in [-0.4, -0.2) is 5.54 Å². The van der Waals surface area contributed by atoms with Crippen molar-refractivity contribution < 1.29 is 0 Å². The third-order valence-electron chi connectivity index (χ3n) is 11.6. The molecule has 9 rings (SSSR count). The first-order chi connectivity index (χ1) is 23.0. The van der Waals surface area contributed by atoms with Gasteiger partial charge < -0.3 is 4.90 Å². The molecule has 7 aromatic rings. The van der Waals surface area contributed by atoms with Crippen LogP contribution in [0.1, 0.15) is 50.7 Å². The zero-order chi connectivity index (χ0) is 31.8. The van der Waals surface area contributed by atoms with Gasteiger partial charge >= 0.3 is 0 Å². The molecule has 2 nitrogen and oxygen atoms in total. The Hall–Kier alpha value is -5.39. The molecule has 1 aliphatic carbocycles. The number of hydrogen-bond acceptors (Lipinski definition) is 2. The molecular weight excluding hydrogens is 569 g/mol. The van der Waals surface area contributed by atoms with E-state index in [9.17, 15) is 5.26 Å². The Morgan fingerprint density at radius 3 is 1.87 bits per heavy atom. The summed E-state index contributed by atoms with van der Waals surface area (Å²) in [6.45, 7) is 4.96. The lowest BCUT2D eigenvalue weighted by Crippen LogP contribution is -2.54. The zero-order valence-corrected chi connectivity index (χ0v) is 26.9. The van der Waals surface area contributed by atoms with Crippen molar-refractivity contribution in [3.05, 3.63) is 145 Å². The van der Waals surface area contributed by atoms with E-state index in [0.29, 0.717) is 5.56 Å². The van der Waals surface area contributed by atoms with Crippen LogP contribution in [0, 0.1) is 11.3 Å². The highest BCUT2D eigenvalue weighted by molar-refractivity contribution is 6.23. The van der Waals surface area contributed by atoms with Gasteiger partial charge in [0.1, 0.15) is 0 Å². The second-order valence-electron chi connectivity index (χ2n) is 13.9. The molecule has 1 fully saturated rings. The Kier molecular flexibility index (Phi) is 6.12. The molecule has 0 aromatic heterocycles. The van der Waals surface area contributed by atoms with Gasteiger partial charge in [0, 0.05) is 16.8 Å². The van der Waals surface area contributed by atoms with Gasteiger partial charge in [-0.05, 0) is 116 Å². The maximum absolute atomic E-state index is 9.48. The summed E-state index contributed by atoms with van der Waals surface area (Å²) in [6.07, 6.45) is 4.76. The van der Waals surface area contributed by atoms with Crippen molar-refractivity contribution in [2.24, 2.45) is 0 Å². The van der Waals surface area contributed by atoms with Crippen LogP contribution in [0.5, 0.6) is 0 Å². The minimum atomic E-state index is -0.0529. The summed E-state index contributed by atoms with van der Waals surface area (Å²) in [4.78, 5) is 2.59. The second-order valence-corrected chi connectivity index (χ2v) is 13.9. The number of nitriles is 1.